The van der Waals surface area contributed by atoms with Crippen molar-refractivity contribution >= 4 is 31.9 Å². The summed E-state index contributed by atoms with van der Waals surface area (Å²) in [5.74, 6) is 0.508. The monoisotopic (exact) mass is 303 g/mol. The molecule has 0 aromatic carbocycles. The molecule has 0 atom stereocenters. The summed E-state index contributed by atoms with van der Waals surface area (Å²) >= 11 is 6.36. The summed E-state index contributed by atoms with van der Waals surface area (Å²) in [4.78, 5) is 4.15. The van der Waals surface area contributed by atoms with E-state index in [-0.39, 0.29) is 12.3 Å². The lowest BCUT2D eigenvalue weighted by Crippen LogP contribution is -1.96. The Balaban J connectivity index is 2.59. The molecule has 0 aliphatic rings. The fraction of sp³-hybridized carbons (Fsp3) is 0. The van der Waals surface area contributed by atoms with Crippen LogP contribution in [0.5, 0.6) is 0 Å². The molecule has 2 aromatic rings. The highest BCUT2D eigenvalue weighted by Crippen LogP contribution is 2.12. The number of pyridine rings is 1. The Kier molecular flexibility index (Phi) is 1.86. The van der Waals surface area contributed by atoms with Crippen LogP contribution in [-0.4, -0.2) is 14.8 Å². The van der Waals surface area contributed by atoms with Crippen molar-refractivity contribution in [1.82, 2.24) is 14.8 Å². The van der Waals surface area contributed by atoms with Crippen LogP contribution in [0.1, 0.15) is 2.74 Å². The molecule has 0 spiro atoms. The number of hydrogen-bond acceptors (Lipinski definition) is 2. The Labute approximate surface area is 94.9 Å². The SMILES string of the molecule is [2H]c1nn(-c2cccc(Br)n2)c([2H])c1Br. The van der Waals surface area contributed by atoms with E-state index in [0.29, 0.717) is 14.9 Å². The van der Waals surface area contributed by atoms with Gasteiger partial charge in [0.2, 0.25) is 0 Å². The van der Waals surface area contributed by atoms with Crippen LogP contribution in [0.15, 0.2) is 39.6 Å². The first-order valence-corrected chi connectivity index (χ1v) is 5.03. The number of halogens is 2. The van der Waals surface area contributed by atoms with E-state index in [1.54, 1.807) is 18.2 Å². The Morgan fingerprint density at radius 1 is 1.38 bits per heavy atom. The lowest BCUT2D eigenvalue weighted by Gasteiger charge is -1.98. The van der Waals surface area contributed by atoms with Gasteiger partial charge in [-0.25, -0.2) is 9.67 Å². The van der Waals surface area contributed by atoms with Gasteiger partial charge in [-0.1, -0.05) is 6.07 Å². The molecule has 0 radical (unpaired) electrons. The molecular formula is C8H5Br2N3. The normalized spacial score (nSPS) is 12.5. The molecule has 0 amide bonds. The topological polar surface area (TPSA) is 30.7 Å². The fourth-order valence-corrected chi connectivity index (χ4v) is 1.44. The number of rotatable bonds is 1. The molecule has 0 unspecified atom stereocenters. The van der Waals surface area contributed by atoms with E-state index < -0.39 is 0 Å². The van der Waals surface area contributed by atoms with Crippen molar-refractivity contribution in [2.45, 2.75) is 0 Å². The van der Waals surface area contributed by atoms with Gasteiger partial charge in [0.1, 0.15) is 4.60 Å². The van der Waals surface area contributed by atoms with Gasteiger partial charge in [0.25, 0.3) is 0 Å². The van der Waals surface area contributed by atoms with Gasteiger partial charge in [0.15, 0.2) is 5.82 Å². The van der Waals surface area contributed by atoms with Gasteiger partial charge in [-0.05, 0) is 44.0 Å². The minimum atomic E-state index is 0.0294. The maximum Gasteiger partial charge on any atom is 0.154 e. The van der Waals surface area contributed by atoms with Crippen LogP contribution in [0.25, 0.3) is 5.82 Å². The van der Waals surface area contributed by atoms with Gasteiger partial charge in [-0.3, -0.25) is 0 Å². The van der Waals surface area contributed by atoms with Crippen molar-refractivity contribution < 1.29 is 2.74 Å². The van der Waals surface area contributed by atoms with Crippen molar-refractivity contribution in [1.29, 1.82) is 0 Å². The zero-order chi connectivity index (χ0) is 11.0. The quantitative estimate of drug-likeness (QED) is 0.759. The van der Waals surface area contributed by atoms with Crippen molar-refractivity contribution in [3.05, 3.63) is 39.6 Å². The average Bonchev–Trinajstić information content (AvgIpc) is 2.46. The van der Waals surface area contributed by atoms with Crippen LogP contribution in [0.4, 0.5) is 0 Å². The van der Waals surface area contributed by atoms with Crippen LogP contribution < -0.4 is 0 Å². The van der Waals surface area contributed by atoms with E-state index in [2.05, 4.69) is 41.9 Å². The molecule has 2 aromatic heterocycles. The molecular weight excluding hydrogens is 298 g/mol. The number of hydrogen-bond donors (Lipinski definition) is 0. The highest BCUT2D eigenvalue weighted by Gasteiger charge is 1.99. The molecule has 0 aliphatic carbocycles. The minimum absolute atomic E-state index is 0.0294. The van der Waals surface area contributed by atoms with Crippen molar-refractivity contribution in [3.8, 4) is 5.82 Å². The summed E-state index contributed by atoms with van der Waals surface area (Å²) in [6.07, 6.45) is 0.146. The number of nitrogens with zero attached hydrogens (tertiary/aromatic N) is 3. The van der Waals surface area contributed by atoms with E-state index in [1.165, 1.54) is 4.68 Å². The molecule has 13 heavy (non-hydrogen) atoms. The Morgan fingerprint density at radius 3 is 2.85 bits per heavy atom. The fourth-order valence-electron chi connectivity index (χ4n) is 0.861. The third-order valence-electron chi connectivity index (χ3n) is 1.37. The Hall–Kier alpha value is -0.680. The van der Waals surface area contributed by atoms with Crippen molar-refractivity contribution in [2.24, 2.45) is 0 Å². The Morgan fingerprint density at radius 2 is 2.23 bits per heavy atom. The minimum Gasteiger partial charge on any atom is -0.222 e. The van der Waals surface area contributed by atoms with Crippen molar-refractivity contribution in [2.75, 3.05) is 0 Å². The van der Waals surface area contributed by atoms with Gasteiger partial charge in [-0.2, -0.15) is 5.10 Å². The molecule has 0 aliphatic heterocycles. The van der Waals surface area contributed by atoms with E-state index in [1.807, 2.05) is 0 Å². The molecule has 0 saturated carbocycles. The smallest absolute Gasteiger partial charge is 0.154 e. The second-order valence-corrected chi connectivity index (χ2v) is 3.87. The molecule has 3 nitrogen and oxygen atoms in total. The molecule has 0 saturated heterocycles. The summed E-state index contributed by atoms with van der Waals surface area (Å²) in [7, 11) is 0. The second-order valence-electron chi connectivity index (χ2n) is 2.27. The third kappa shape index (κ3) is 1.97. The third-order valence-corrected chi connectivity index (χ3v) is 2.17. The molecule has 66 valence electrons. The zero-order valence-electron chi connectivity index (χ0n) is 8.33. The standard InChI is InChI=1S/C8H5Br2N3/c9-6-4-11-13(5-6)8-3-1-2-7(10)12-8/h1-5H/i4D,5D. The number of aromatic nitrogens is 3. The molecule has 2 heterocycles. The summed E-state index contributed by atoms with van der Waals surface area (Å²) in [5.41, 5.74) is 0. The zero-order valence-corrected chi connectivity index (χ0v) is 9.50. The van der Waals surface area contributed by atoms with Gasteiger partial charge in [-0.15, -0.1) is 0 Å². The van der Waals surface area contributed by atoms with Crippen molar-refractivity contribution in [3.63, 3.8) is 0 Å². The van der Waals surface area contributed by atoms with Gasteiger partial charge in [0.05, 0.1) is 13.4 Å². The molecule has 0 fully saturated rings. The molecule has 5 heteroatoms. The first-order chi connectivity index (χ1) is 7.09. The average molecular weight is 305 g/mol. The highest BCUT2D eigenvalue weighted by atomic mass is 79.9. The van der Waals surface area contributed by atoms with Crippen LogP contribution in [0, 0.1) is 0 Å². The summed E-state index contributed by atoms with van der Waals surface area (Å²) in [5, 5.41) is 3.89. The Bertz CT molecular complexity index is 513. The molecule has 2 rings (SSSR count). The maximum atomic E-state index is 7.70. The van der Waals surface area contributed by atoms with Crippen LogP contribution >= 0.6 is 31.9 Å². The van der Waals surface area contributed by atoms with Crippen LogP contribution in [0.2, 0.25) is 0 Å². The van der Waals surface area contributed by atoms with Crippen LogP contribution in [0.3, 0.4) is 0 Å². The summed E-state index contributed by atoms with van der Waals surface area (Å²) in [6, 6.07) is 5.31. The predicted molar refractivity (Wildman–Crippen MR) is 56.8 cm³/mol. The van der Waals surface area contributed by atoms with Gasteiger partial charge < -0.3 is 0 Å². The van der Waals surface area contributed by atoms with Gasteiger partial charge in [0, 0.05) is 6.17 Å². The summed E-state index contributed by atoms with van der Waals surface area (Å²) in [6.45, 7) is 0. The molecule has 0 N–H and O–H groups in total. The lowest BCUT2D eigenvalue weighted by atomic mass is 10.5. The first-order valence-electron chi connectivity index (χ1n) is 4.44. The lowest BCUT2D eigenvalue weighted by molar-refractivity contribution is 0.843. The van der Waals surface area contributed by atoms with E-state index in [4.69, 9.17) is 2.74 Å². The predicted octanol–water partition coefficient (Wildman–Crippen LogP) is 2.79. The first kappa shape index (κ1) is 6.73. The maximum absolute atomic E-state index is 7.70. The van der Waals surface area contributed by atoms with Gasteiger partial charge >= 0.3 is 0 Å². The van der Waals surface area contributed by atoms with E-state index >= 15 is 0 Å². The van der Waals surface area contributed by atoms with E-state index in [0.717, 1.165) is 0 Å². The molecule has 0 bridgehead atoms. The highest BCUT2D eigenvalue weighted by molar-refractivity contribution is 9.10. The van der Waals surface area contributed by atoms with Crippen LogP contribution in [-0.2, 0) is 0 Å². The largest absolute Gasteiger partial charge is 0.222 e. The van der Waals surface area contributed by atoms with E-state index in [9.17, 15) is 0 Å². The second kappa shape index (κ2) is 3.59. The summed E-state index contributed by atoms with van der Waals surface area (Å²) < 4.78 is 17.5.